The monoisotopic (exact) mass is 233 g/mol. The number of nitrogens with zero attached hydrogens (tertiary/aromatic N) is 1. The van der Waals surface area contributed by atoms with Gasteiger partial charge in [-0.2, -0.15) is 0 Å². The fourth-order valence-electron chi connectivity index (χ4n) is 1.70. The SMILES string of the molecule is Cc1ccc(C(/C=C/C(=O)O)N(C)C)cc1C. The summed E-state index contributed by atoms with van der Waals surface area (Å²) < 4.78 is 0. The lowest BCUT2D eigenvalue weighted by Crippen LogP contribution is -2.18. The molecule has 0 aliphatic heterocycles. The molecule has 1 N–H and O–H groups in total. The molecular formula is C14H19NO2. The van der Waals surface area contributed by atoms with Crippen molar-refractivity contribution in [2.24, 2.45) is 0 Å². The van der Waals surface area contributed by atoms with Crippen molar-refractivity contribution >= 4 is 5.97 Å². The molecule has 0 saturated heterocycles. The second-order valence-corrected chi connectivity index (χ2v) is 4.45. The quantitative estimate of drug-likeness (QED) is 0.812. The molecule has 0 fully saturated rings. The van der Waals surface area contributed by atoms with Gasteiger partial charge in [-0.3, -0.25) is 4.90 Å². The maximum absolute atomic E-state index is 10.6. The molecular weight excluding hydrogens is 214 g/mol. The largest absolute Gasteiger partial charge is 0.478 e. The third-order valence-electron chi connectivity index (χ3n) is 2.85. The predicted octanol–water partition coefficient (Wildman–Crippen LogP) is 2.55. The van der Waals surface area contributed by atoms with Crippen molar-refractivity contribution in [3.63, 3.8) is 0 Å². The van der Waals surface area contributed by atoms with Gasteiger partial charge in [0.2, 0.25) is 0 Å². The first-order valence-electron chi connectivity index (χ1n) is 5.56. The van der Waals surface area contributed by atoms with Crippen molar-refractivity contribution in [2.45, 2.75) is 19.9 Å². The van der Waals surface area contributed by atoms with Crippen LogP contribution in [0.1, 0.15) is 22.7 Å². The number of benzene rings is 1. The summed E-state index contributed by atoms with van der Waals surface area (Å²) in [6, 6.07) is 6.20. The standard InChI is InChI=1S/C14H19NO2/c1-10-5-6-12(9-11(10)2)13(15(3)4)7-8-14(16)17/h5-9,13H,1-4H3,(H,16,17)/b8-7+. The molecule has 0 amide bonds. The van der Waals surface area contributed by atoms with Crippen LogP contribution in [0.25, 0.3) is 0 Å². The van der Waals surface area contributed by atoms with Crippen LogP contribution in [-0.4, -0.2) is 30.1 Å². The normalized spacial score (nSPS) is 13.2. The highest BCUT2D eigenvalue weighted by atomic mass is 16.4. The van der Waals surface area contributed by atoms with Crippen LogP contribution in [0.2, 0.25) is 0 Å². The van der Waals surface area contributed by atoms with Gasteiger partial charge in [-0.05, 0) is 44.6 Å². The van der Waals surface area contributed by atoms with Crippen LogP contribution in [0, 0.1) is 13.8 Å². The molecule has 92 valence electrons. The van der Waals surface area contributed by atoms with Gasteiger partial charge >= 0.3 is 5.97 Å². The Kier molecular flexibility index (Phi) is 4.46. The summed E-state index contributed by atoms with van der Waals surface area (Å²) in [6.07, 6.45) is 2.90. The third kappa shape index (κ3) is 3.71. The highest BCUT2D eigenvalue weighted by molar-refractivity contribution is 5.79. The Hall–Kier alpha value is -1.61. The van der Waals surface area contributed by atoms with Gasteiger partial charge in [0, 0.05) is 6.08 Å². The van der Waals surface area contributed by atoms with Crippen LogP contribution in [0.4, 0.5) is 0 Å². The first-order chi connectivity index (χ1) is 7.91. The minimum absolute atomic E-state index is 0.00889. The van der Waals surface area contributed by atoms with Crippen LogP contribution >= 0.6 is 0 Å². The maximum Gasteiger partial charge on any atom is 0.328 e. The third-order valence-corrected chi connectivity index (χ3v) is 2.85. The molecule has 0 aromatic heterocycles. The molecule has 1 aromatic carbocycles. The van der Waals surface area contributed by atoms with E-state index in [-0.39, 0.29) is 6.04 Å². The summed E-state index contributed by atoms with van der Waals surface area (Å²) in [7, 11) is 3.87. The molecule has 3 nitrogen and oxygen atoms in total. The van der Waals surface area contributed by atoms with E-state index in [1.807, 2.05) is 25.1 Å². The zero-order valence-corrected chi connectivity index (χ0v) is 10.8. The number of rotatable bonds is 4. The van der Waals surface area contributed by atoms with E-state index in [2.05, 4.69) is 26.0 Å². The van der Waals surface area contributed by atoms with Crippen molar-refractivity contribution in [1.82, 2.24) is 4.90 Å². The zero-order valence-electron chi connectivity index (χ0n) is 10.8. The highest BCUT2D eigenvalue weighted by Gasteiger charge is 2.11. The summed E-state index contributed by atoms with van der Waals surface area (Å²) >= 11 is 0. The van der Waals surface area contributed by atoms with Crippen LogP contribution in [0.5, 0.6) is 0 Å². The number of likely N-dealkylation sites (N-methyl/N-ethyl adjacent to an activating group) is 1. The van der Waals surface area contributed by atoms with E-state index in [4.69, 9.17) is 5.11 Å². The molecule has 1 aromatic rings. The number of hydrogen-bond acceptors (Lipinski definition) is 2. The van der Waals surface area contributed by atoms with E-state index < -0.39 is 5.97 Å². The molecule has 0 aliphatic rings. The Morgan fingerprint density at radius 2 is 1.94 bits per heavy atom. The minimum atomic E-state index is -0.916. The smallest absolute Gasteiger partial charge is 0.328 e. The van der Waals surface area contributed by atoms with E-state index in [9.17, 15) is 4.79 Å². The summed E-state index contributed by atoms with van der Waals surface area (Å²) in [5.41, 5.74) is 3.57. The van der Waals surface area contributed by atoms with Crippen LogP contribution in [-0.2, 0) is 4.79 Å². The first kappa shape index (κ1) is 13.5. The van der Waals surface area contributed by atoms with Gasteiger partial charge in [-0.1, -0.05) is 24.3 Å². The van der Waals surface area contributed by atoms with Crippen molar-refractivity contribution in [3.05, 3.63) is 47.0 Å². The summed E-state index contributed by atoms with van der Waals surface area (Å²) in [4.78, 5) is 12.6. The maximum atomic E-state index is 10.6. The van der Waals surface area contributed by atoms with Crippen molar-refractivity contribution in [2.75, 3.05) is 14.1 Å². The van der Waals surface area contributed by atoms with Crippen molar-refractivity contribution < 1.29 is 9.90 Å². The molecule has 0 radical (unpaired) electrons. The lowest BCUT2D eigenvalue weighted by Gasteiger charge is -2.22. The number of carboxylic acids is 1. The molecule has 0 heterocycles. The van der Waals surface area contributed by atoms with Gasteiger partial charge in [0.25, 0.3) is 0 Å². The van der Waals surface area contributed by atoms with Crippen molar-refractivity contribution in [3.8, 4) is 0 Å². The molecule has 0 bridgehead atoms. The minimum Gasteiger partial charge on any atom is -0.478 e. The number of aliphatic carboxylic acids is 1. The molecule has 1 unspecified atom stereocenters. The number of aryl methyl sites for hydroxylation is 2. The van der Waals surface area contributed by atoms with Gasteiger partial charge in [-0.15, -0.1) is 0 Å². The Labute approximate surface area is 102 Å². The lowest BCUT2D eigenvalue weighted by atomic mass is 10.00. The summed E-state index contributed by atoms with van der Waals surface area (Å²) in [5, 5.41) is 8.68. The lowest BCUT2D eigenvalue weighted by molar-refractivity contribution is -0.131. The van der Waals surface area contributed by atoms with Crippen LogP contribution in [0.3, 0.4) is 0 Å². The van der Waals surface area contributed by atoms with Crippen LogP contribution < -0.4 is 0 Å². The second kappa shape index (κ2) is 5.64. The molecule has 0 spiro atoms. The molecule has 1 atom stereocenters. The van der Waals surface area contributed by atoms with Gasteiger partial charge in [-0.25, -0.2) is 4.79 Å². The zero-order chi connectivity index (χ0) is 13.0. The van der Waals surface area contributed by atoms with Crippen LogP contribution in [0.15, 0.2) is 30.4 Å². The topological polar surface area (TPSA) is 40.5 Å². The average molecular weight is 233 g/mol. The fourth-order valence-corrected chi connectivity index (χ4v) is 1.70. The molecule has 0 saturated carbocycles. The molecule has 0 aliphatic carbocycles. The van der Waals surface area contributed by atoms with Gasteiger partial charge < -0.3 is 5.11 Å². The number of hydrogen-bond donors (Lipinski definition) is 1. The van der Waals surface area contributed by atoms with Gasteiger partial charge in [0.15, 0.2) is 0 Å². The Morgan fingerprint density at radius 1 is 1.29 bits per heavy atom. The van der Waals surface area contributed by atoms with Gasteiger partial charge in [0.05, 0.1) is 6.04 Å². The number of carboxylic acid groups (broad SMARTS) is 1. The Morgan fingerprint density at radius 3 is 2.41 bits per heavy atom. The van der Waals surface area contributed by atoms with E-state index in [1.165, 1.54) is 17.2 Å². The molecule has 17 heavy (non-hydrogen) atoms. The highest BCUT2D eigenvalue weighted by Crippen LogP contribution is 2.22. The molecule has 3 heteroatoms. The second-order valence-electron chi connectivity index (χ2n) is 4.45. The summed E-state index contributed by atoms with van der Waals surface area (Å²) in [6.45, 7) is 4.13. The Balaban J connectivity index is 3.05. The van der Waals surface area contributed by atoms with E-state index in [0.29, 0.717) is 0 Å². The Bertz CT molecular complexity index is 436. The average Bonchev–Trinajstić information content (AvgIpc) is 2.22. The first-order valence-corrected chi connectivity index (χ1v) is 5.56. The van der Waals surface area contributed by atoms with E-state index >= 15 is 0 Å². The van der Waals surface area contributed by atoms with Gasteiger partial charge in [0.1, 0.15) is 0 Å². The predicted molar refractivity (Wildman–Crippen MR) is 69.1 cm³/mol. The van der Waals surface area contributed by atoms with E-state index in [0.717, 1.165) is 5.56 Å². The fraction of sp³-hybridized carbons (Fsp3) is 0.357. The van der Waals surface area contributed by atoms with E-state index in [1.54, 1.807) is 6.08 Å². The molecule has 1 rings (SSSR count). The number of carbonyl (C=O) groups is 1. The van der Waals surface area contributed by atoms with Crippen molar-refractivity contribution in [1.29, 1.82) is 0 Å². The summed E-state index contributed by atoms with van der Waals surface area (Å²) in [5.74, 6) is -0.916.